The Morgan fingerprint density at radius 2 is 2.12 bits per heavy atom. The van der Waals surface area contributed by atoms with Crippen molar-refractivity contribution in [3.63, 3.8) is 0 Å². The van der Waals surface area contributed by atoms with Crippen molar-refractivity contribution >= 4 is 33.7 Å². The van der Waals surface area contributed by atoms with Crippen LogP contribution < -0.4 is 11.1 Å². The number of benzene rings is 1. The molecule has 0 bridgehead atoms. The molecule has 3 rings (SSSR count). The maximum absolute atomic E-state index is 12.2. The average Bonchev–Trinajstić information content (AvgIpc) is 2.87. The van der Waals surface area contributed by atoms with Crippen molar-refractivity contribution in [2.45, 2.75) is 20.4 Å². The van der Waals surface area contributed by atoms with Crippen LogP contribution in [-0.2, 0) is 6.54 Å². The summed E-state index contributed by atoms with van der Waals surface area (Å²) in [5.74, 6) is 0.472. The van der Waals surface area contributed by atoms with Crippen molar-refractivity contribution in [1.82, 2.24) is 19.9 Å². The number of nitrogens with two attached hydrogens (primary N) is 1. The SMILES string of the molecule is C=CCNC(=O)c1nc(N)c2c3ccccc3n(CC(C)C)c2n1. The van der Waals surface area contributed by atoms with Gasteiger partial charge in [-0.25, -0.2) is 9.97 Å². The standard InChI is InChI=1S/C18H21N5O/c1-4-9-20-18(24)16-21-15(19)14-12-7-5-6-8-13(12)23(10-11(2)3)17(14)22-16/h4-8,11H,1,9-10H2,2-3H3,(H,20,24)(H2,19,21,22). The number of rotatable bonds is 5. The fraction of sp³-hybridized carbons (Fsp3) is 0.278. The molecule has 24 heavy (non-hydrogen) atoms. The number of hydrogen-bond donors (Lipinski definition) is 2. The van der Waals surface area contributed by atoms with Gasteiger partial charge in [0.15, 0.2) is 0 Å². The largest absolute Gasteiger partial charge is 0.383 e. The molecule has 1 aromatic carbocycles. The summed E-state index contributed by atoms with van der Waals surface area (Å²) in [5.41, 5.74) is 7.91. The number of nitrogens with one attached hydrogen (secondary N) is 1. The van der Waals surface area contributed by atoms with Gasteiger partial charge in [0.1, 0.15) is 11.5 Å². The fourth-order valence-corrected chi connectivity index (χ4v) is 2.85. The number of anilines is 1. The smallest absolute Gasteiger partial charge is 0.289 e. The molecule has 6 nitrogen and oxygen atoms in total. The summed E-state index contributed by atoms with van der Waals surface area (Å²) in [7, 11) is 0. The van der Waals surface area contributed by atoms with E-state index in [1.807, 2.05) is 24.3 Å². The molecule has 0 saturated carbocycles. The molecule has 0 aliphatic rings. The van der Waals surface area contributed by atoms with Gasteiger partial charge in [0.05, 0.1) is 10.9 Å². The number of fused-ring (bicyclic) bond motifs is 3. The molecule has 0 radical (unpaired) electrons. The van der Waals surface area contributed by atoms with Crippen LogP contribution in [-0.4, -0.2) is 27.0 Å². The van der Waals surface area contributed by atoms with Crippen molar-refractivity contribution < 1.29 is 4.79 Å². The van der Waals surface area contributed by atoms with E-state index in [-0.39, 0.29) is 11.7 Å². The zero-order chi connectivity index (χ0) is 17.3. The van der Waals surface area contributed by atoms with Gasteiger partial charge in [0.2, 0.25) is 5.82 Å². The number of carbonyl (C=O) groups excluding carboxylic acids is 1. The molecule has 0 fully saturated rings. The Kier molecular flexibility index (Phi) is 4.20. The van der Waals surface area contributed by atoms with E-state index in [1.54, 1.807) is 6.08 Å². The van der Waals surface area contributed by atoms with E-state index in [9.17, 15) is 4.79 Å². The van der Waals surface area contributed by atoms with Gasteiger partial charge in [-0.2, -0.15) is 0 Å². The van der Waals surface area contributed by atoms with Crippen molar-refractivity contribution in [2.75, 3.05) is 12.3 Å². The maximum Gasteiger partial charge on any atom is 0.289 e. The van der Waals surface area contributed by atoms with Crippen molar-refractivity contribution in [2.24, 2.45) is 5.92 Å². The number of nitrogens with zero attached hydrogens (tertiary/aromatic N) is 3. The Hall–Kier alpha value is -2.89. The lowest BCUT2D eigenvalue weighted by Crippen LogP contribution is -2.26. The van der Waals surface area contributed by atoms with Gasteiger partial charge in [-0.3, -0.25) is 4.79 Å². The Labute approximate surface area is 140 Å². The minimum atomic E-state index is -0.357. The van der Waals surface area contributed by atoms with E-state index in [2.05, 4.69) is 40.3 Å². The van der Waals surface area contributed by atoms with Crippen LogP contribution in [0.3, 0.4) is 0 Å². The van der Waals surface area contributed by atoms with Gasteiger partial charge in [-0.1, -0.05) is 38.1 Å². The summed E-state index contributed by atoms with van der Waals surface area (Å²) in [6, 6.07) is 7.99. The monoisotopic (exact) mass is 323 g/mol. The predicted octanol–water partition coefficient (Wildman–Crippen LogP) is 2.74. The number of amides is 1. The third kappa shape index (κ3) is 2.71. The zero-order valence-electron chi connectivity index (χ0n) is 13.9. The summed E-state index contributed by atoms with van der Waals surface area (Å²) in [5, 5.41) is 4.49. The second-order valence-electron chi connectivity index (χ2n) is 6.15. The van der Waals surface area contributed by atoms with Crippen LogP contribution in [0.1, 0.15) is 24.5 Å². The van der Waals surface area contributed by atoms with Gasteiger partial charge in [0, 0.05) is 18.5 Å². The van der Waals surface area contributed by atoms with Gasteiger partial charge >= 0.3 is 0 Å². The number of para-hydroxylation sites is 1. The Balaban J connectivity index is 2.26. The second kappa shape index (κ2) is 6.31. The molecule has 0 saturated heterocycles. The first-order valence-corrected chi connectivity index (χ1v) is 7.96. The second-order valence-corrected chi connectivity index (χ2v) is 6.15. The molecule has 6 heteroatoms. The molecule has 2 aromatic heterocycles. The number of hydrogen-bond acceptors (Lipinski definition) is 4. The average molecular weight is 323 g/mol. The molecule has 0 atom stereocenters. The van der Waals surface area contributed by atoms with Gasteiger partial charge in [0.25, 0.3) is 5.91 Å². The number of carbonyl (C=O) groups is 1. The molecule has 1 amide bonds. The predicted molar refractivity (Wildman–Crippen MR) is 96.8 cm³/mol. The molecule has 2 heterocycles. The highest BCUT2D eigenvalue weighted by molar-refractivity contribution is 6.12. The van der Waals surface area contributed by atoms with Crippen molar-refractivity contribution in [3.8, 4) is 0 Å². The minimum absolute atomic E-state index is 0.0784. The molecule has 3 N–H and O–H groups in total. The Morgan fingerprint density at radius 3 is 2.83 bits per heavy atom. The molecular formula is C18H21N5O. The summed E-state index contributed by atoms with van der Waals surface area (Å²) < 4.78 is 2.11. The molecule has 0 aliphatic heterocycles. The van der Waals surface area contributed by atoms with E-state index < -0.39 is 0 Å². The molecule has 3 aromatic rings. The minimum Gasteiger partial charge on any atom is -0.383 e. The number of aromatic nitrogens is 3. The first-order chi connectivity index (χ1) is 11.5. The highest BCUT2D eigenvalue weighted by atomic mass is 16.2. The molecule has 0 unspecified atom stereocenters. The lowest BCUT2D eigenvalue weighted by Gasteiger charge is -2.10. The van der Waals surface area contributed by atoms with Crippen LogP contribution >= 0.6 is 0 Å². The van der Waals surface area contributed by atoms with Crippen LogP contribution in [0, 0.1) is 5.92 Å². The zero-order valence-corrected chi connectivity index (χ0v) is 13.9. The van der Waals surface area contributed by atoms with Gasteiger partial charge in [-0.15, -0.1) is 6.58 Å². The topological polar surface area (TPSA) is 85.8 Å². The third-order valence-corrected chi connectivity index (χ3v) is 3.80. The summed E-state index contributed by atoms with van der Waals surface area (Å²) >= 11 is 0. The summed E-state index contributed by atoms with van der Waals surface area (Å²) in [4.78, 5) is 20.9. The van der Waals surface area contributed by atoms with Crippen LogP contribution in [0.25, 0.3) is 21.9 Å². The Morgan fingerprint density at radius 1 is 1.38 bits per heavy atom. The van der Waals surface area contributed by atoms with Crippen molar-refractivity contribution in [1.29, 1.82) is 0 Å². The molecule has 124 valence electrons. The summed E-state index contributed by atoms with van der Waals surface area (Å²) in [6.07, 6.45) is 1.61. The van der Waals surface area contributed by atoms with Crippen LogP contribution in [0.15, 0.2) is 36.9 Å². The van der Waals surface area contributed by atoms with E-state index in [0.29, 0.717) is 23.9 Å². The quantitative estimate of drug-likeness (QED) is 0.707. The van der Waals surface area contributed by atoms with Crippen LogP contribution in [0.2, 0.25) is 0 Å². The highest BCUT2D eigenvalue weighted by Gasteiger charge is 2.19. The summed E-state index contributed by atoms with van der Waals surface area (Å²) in [6.45, 7) is 9.01. The number of nitrogen functional groups attached to an aromatic ring is 1. The van der Waals surface area contributed by atoms with E-state index in [1.165, 1.54) is 0 Å². The third-order valence-electron chi connectivity index (χ3n) is 3.80. The lowest BCUT2D eigenvalue weighted by molar-refractivity contribution is 0.0948. The highest BCUT2D eigenvalue weighted by Crippen LogP contribution is 2.31. The van der Waals surface area contributed by atoms with Crippen LogP contribution in [0.4, 0.5) is 5.82 Å². The fourth-order valence-electron chi connectivity index (χ4n) is 2.85. The Bertz CT molecular complexity index is 926. The molecule has 0 spiro atoms. The van der Waals surface area contributed by atoms with E-state index >= 15 is 0 Å². The lowest BCUT2D eigenvalue weighted by atomic mass is 10.2. The van der Waals surface area contributed by atoms with Gasteiger partial charge in [-0.05, 0) is 12.0 Å². The van der Waals surface area contributed by atoms with Crippen molar-refractivity contribution in [3.05, 3.63) is 42.7 Å². The molecular weight excluding hydrogens is 302 g/mol. The molecule has 0 aliphatic carbocycles. The van der Waals surface area contributed by atoms with Crippen LogP contribution in [0.5, 0.6) is 0 Å². The van der Waals surface area contributed by atoms with E-state index in [4.69, 9.17) is 5.73 Å². The normalized spacial score (nSPS) is 11.3. The first-order valence-electron chi connectivity index (χ1n) is 7.96. The first kappa shape index (κ1) is 16.0. The van der Waals surface area contributed by atoms with Gasteiger partial charge < -0.3 is 15.6 Å². The maximum atomic E-state index is 12.2. The van der Waals surface area contributed by atoms with E-state index in [0.717, 1.165) is 22.8 Å².